The number of hydrogen-bond donors (Lipinski definition) is 0. The Balaban J connectivity index is 2.27. The third-order valence-corrected chi connectivity index (χ3v) is 2.54. The molecule has 2 rings (SSSR count). The van der Waals surface area contributed by atoms with Gasteiger partial charge in [-0.3, -0.25) is 4.79 Å². The van der Waals surface area contributed by atoms with Crippen LogP contribution in [0.2, 0.25) is 0 Å². The van der Waals surface area contributed by atoms with Crippen LogP contribution in [0.1, 0.15) is 32.3 Å². The lowest BCUT2D eigenvalue weighted by molar-refractivity contribution is -0.196. The van der Waals surface area contributed by atoms with E-state index in [0.29, 0.717) is 12.2 Å². The molecule has 15 heavy (non-hydrogen) atoms. The second-order valence-electron chi connectivity index (χ2n) is 4.43. The first kappa shape index (κ1) is 10.2. The lowest BCUT2D eigenvalue weighted by Gasteiger charge is -2.40. The van der Waals surface area contributed by atoms with Crippen LogP contribution < -0.4 is 0 Å². The zero-order chi connectivity index (χ0) is 11.1. The van der Waals surface area contributed by atoms with Crippen LogP contribution in [0.5, 0.6) is 0 Å². The fraction of sp³-hybridized carbons (Fsp3) is 0.545. The molecule has 2 heterocycles. The van der Waals surface area contributed by atoms with Crippen molar-refractivity contribution in [2.24, 2.45) is 0 Å². The normalized spacial score (nSPS) is 25.7. The Kier molecular flexibility index (Phi) is 2.31. The van der Waals surface area contributed by atoms with E-state index in [2.05, 4.69) is 0 Å². The fourth-order valence-corrected chi connectivity index (χ4v) is 1.72. The molecule has 1 aromatic heterocycles. The van der Waals surface area contributed by atoms with Crippen LogP contribution in [-0.2, 0) is 9.53 Å². The number of ether oxygens (including phenoxy) is 1. The molecule has 0 saturated carbocycles. The molecule has 0 N–H and O–H groups in total. The van der Waals surface area contributed by atoms with E-state index in [1.165, 1.54) is 0 Å². The minimum atomic E-state index is -0.430. The van der Waals surface area contributed by atoms with Gasteiger partial charge in [0.05, 0.1) is 18.3 Å². The molecule has 4 nitrogen and oxygen atoms in total. The Morgan fingerprint density at radius 1 is 1.53 bits per heavy atom. The van der Waals surface area contributed by atoms with Gasteiger partial charge in [0, 0.05) is 7.05 Å². The van der Waals surface area contributed by atoms with Crippen molar-refractivity contribution in [3.63, 3.8) is 0 Å². The highest BCUT2D eigenvalue weighted by atomic mass is 16.5. The van der Waals surface area contributed by atoms with Crippen LogP contribution in [-0.4, -0.2) is 23.5 Å². The third kappa shape index (κ3) is 1.90. The van der Waals surface area contributed by atoms with Gasteiger partial charge in [-0.15, -0.1) is 0 Å². The van der Waals surface area contributed by atoms with E-state index in [4.69, 9.17) is 9.15 Å². The molecule has 0 spiro atoms. The average molecular weight is 209 g/mol. The maximum Gasteiger partial charge on any atom is 0.227 e. The first-order chi connectivity index (χ1) is 6.99. The van der Waals surface area contributed by atoms with E-state index in [0.717, 1.165) is 0 Å². The quantitative estimate of drug-likeness (QED) is 0.709. The van der Waals surface area contributed by atoms with Gasteiger partial charge in [-0.05, 0) is 26.0 Å². The number of rotatable bonds is 1. The molecule has 1 aromatic rings. The topological polar surface area (TPSA) is 42.7 Å². The van der Waals surface area contributed by atoms with Gasteiger partial charge >= 0.3 is 0 Å². The molecule has 4 heteroatoms. The summed E-state index contributed by atoms with van der Waals surface area (Å²) >= 11 is 0. The molecule has 0 unspecified atom stereocenters. The van der Waals surface area contributed by atoms with Gasteiger partial charge in [0.15, 0.2) is 12.0 Å². The molecule has 0 radical (unpaired) electrons. The second-order valence-corrected chi connectivity index (χ2v) is 4.43. The van der Waals surface area contributed by atoms with Crippen molar-refractivity contribution < 1.29 is 13.9 Å². The standard InChI is InChI=1S/C11H15NO3/c1-11(2)7-9(13)12(3)10(15-11)8-5-4-6-14-8/h4-6,10H,7H2,1-3H3/t10-/m1/s1. The Morgan fingerprint density at radius 2 is 2.27 bits per heavy atom. The lowest BCUT2D eigenvalue weighted by Crippen LogP contribution is -2.46. The minimum Gasteiger partial charge on any atom is -0.465 e. The molecule has 0 aliphatic carbocycles. The molecule has 0 aromatic carbocycles. The zero-order valence-electron chi connectivity index (χ0n) is 9.19. The molecular weight excluding hydrogens is 194 g/mol. The van der Waals surface area contributed by atoms with Crippen LogP contribution in [0.15, 0.2) is 22.8 Å². The molecular formula is C11H15NO3. The average Bonchev–Trinajstić information content (AvgIpc) is 2.63. The van der Waals surface area contributed by atoms with Crippen molar-refractivity contribution in [2.75, 3.05) is 7.05 Å². The van der Waals surface area contributed by atoms with Crippen LogP contribution in [0, 0.1) is 0 Å². The monoisotopic (exact) mass is 209 g/mol. The van der Waals surface area contributed by atoms with Crippen LogP contribution in [0.3, 0.4) is 0 Å². The minimum absolute atomic E-state index is 0.0765. The highest BCUT2D eigenvalue weighted by molar-refractivity contribution is 5.77. The number of furan rings is 1. The number of hydrogen-bond acceptors (Lipinski definition) is 3. The Labute approximate surface area is 88.8 Å². The van der Waals surface area contributed by atoms with E-state index < -0.39 is 11.8 Å². The molecule has 1 fully saturated rings. The summed E-state index contributed by atoms with van der Waals surface area (Å²) in [6, 6.07) is 3.61. The number of carbonyl (C=O) groups excluding carboxylic acids is 1. The van der Waals surface area contributed by atoms with Crippen LogP contribution >= 0.6 is 0 Å². The van der Waals surface area contributed by atoms with E-state index >= 15 is 0 Å². The number of amides is 1. The Bertz CT molecular complexity index is 356. The Morgan fingerprint density at radius 3 is 2.87 bits per heavy atom. The number of nitrogens with zero attached hydrogens (tertiary/aromatic N) is 1. The first-order valence-electron chi connectivity index (χ1n) is 4.96. The summed E-state index contributed by atoms with van der Waals surface area (Å²) in [6.07, 6.45) is 1.58. The summed E-state index contributed by atoms with van der Waals surface area (Å²) in [5.41, 5.74) is -0.430. The van der Waals surface area contributed by atoms with Crippen molar-refractivity contribution in [3.8, 4) is 0 Å². The van der Waals surface area contributed by atoms with Gasteiger partial charge in [0.1, 0.15) is 0 Å². The fourth-order valence-electron chi connectivity index (χ4n) is 1.72. The van der Waals surface area contributed by atoms with E-state index in [1.807, 2.05) is 19.9 Å². The lowest BCUT2D eigenvalue weighted by atomic mass is 10.0. The van der Waals surface area contributed by atoms with Crippen molar-refractivity contribution >= 4 is 5.91 Å². The number of carbonyl (C=O) groups is 1. The molecule has 1 atom stereocenters. The SMILES string of the molecule is CN1C(=O)CC(C)(C)O[C@@H]1c1ccco1. The van der Waals surface area contributed by atoms with Crippen LogP contribution in [0.4, 0.5) is 0 Å². The van der Waals surface area contributed by atoms with Gasteiger partial charge < -0.3 is 14.1 Å². The predicted molar refractivity (Wildman–Crippen MR) is 54.0 cm³/mol. The summed E-state index contributed by atoms with van der Waals surface area (Å²) in [6.45, 7) is 3.82. The van der Waals surface area contributed by atoms with Crippen molar-refractivity contribution in [3.05, 3.63) is 24.2 Å². The smallest absolute Gasteiger partial charge is 0.227 e. The largest absolute Gasteiger partial charge is 0.465 e. The van der Waals surface area contributed by atoms with Gasteiger partial charge in [0.2, 0.25) is 5.91 Å². The van der Waals surface area contributed by atoms with Gasteiger partial charge in [-0.25, -0.2) is 0 Å². The molecule has 1 amide bonds. The highest BCUT2D eigenvalue weighted by Gasteiger charge is 2.39. The van der Waals surface area contributed by atoms with Crippen molar-refractivity contribution in [1.82, 2.24) is 4.90 Å². The van der Waals surface area contributed by atoms with E-state index in [9.17, 15) is 4.79 Å². The maximum absolute atomic E-state index is 11.7. The zero-order valence-corrected chi connectivity index (χ0v) is 9.19. The summed E-state index contributed by atoms with van der Waals surface area (Å²) in [4.78, 5) is 13.3. The molecule has 1 saturated heterocycles. The molecule has 1 aliphatic rings. The van der Waals surface area contributed by atoms with Gasteiger partial charge in [-0.1, -0.05) is 0 Å². The highest BCUT2D eigenvalue weighted by Crippen LogP contribution is 2.34. The van der Waals surface area contributed by atoms with Crippen molar-refractivity contribution in [2.45, 2.75) is 32.1 Å². The predicted octanol–water partition coefficient (Wildman–Crippen LogP) is 1.94. The third-order valence-electron chi connectivity index (χ3n) is 2.54. The molecule has 0 bridgehead atoms. The molecule has 82 valence electrons. The first-order valence-corrected chi connectivity index (χ1v) is 4.96. The maximum atomic E-state index is 11.7. The summed E-state index contributed by atoms with van der Waals surface area (Å²) in [5, 5.41) is 0. The van der Waals surface area contributed by atoms with E-state index in [1.54, 1.807) is 24.3 Å². The van der Waals surface area contributed by atoms with E-state index in [-0.39, 0.29) is 5.91 Å². The second kappa shape index (κ2) is 3.38. The molecule has 1 aliphatic heterocycles. The summed E-state index contributed by atoms with van der Waals surface area (Å²) < 4.78 is 11.1. The van der Waals surface area contributed by atoms with Gasteiger partial charge in [-0.2, -0.15) is 0 Å². The van der Waals surface area contributed by atoms with Gasteiger partial charge in [0.25, 0.3) is 0 Å². The van der Waals surface area contributed by atoms with Crippen molar-refractivity contribution in [1.29, 1.82) is 0 Å². The Hall–Kier alpha value is -1.29. The summed E-state index contributed by atoms with van der Waals surface area (Å²) in [7, 11) is 1.73. The summed E-state index contributed by atoms with van der Waals surface area (Å²) in [5.74, 6) is 0.742. The van der Waals surface area contributed by atoms with Crippen LogP contribution in [0.25, 0.3) is 0 Å².